The molecule has 0 unspecified atom stereocenters. The summed E-state index contributed by atoms with van der Waals surface area (Å²) in [6, 6.07) is 13.0. The van der Waals surface area contributed by atoms with Gasteiger partial charge in [-0.05, 0) is 49.6 Å². The molecule has 0 saturated heterocycles. The first-order valence-electron chi connectivity index (χ1n) is 9.07. The first-order valence-corrected chi connectivity index (χ1v) is 11.4. The van der Waals surface area contributed by atoms with E-state index in [1.165, 1.54) is 16.9 Å². The van der Waals surface area contributed by atoms with Crippen molar-refractivity contribution in [2.75, 3.05) is 5.32 Å². The summed E-state index contributed by atoms with van der Waals surface area (Å²) >= 11 is 1.40. The van der Waals surface area contributed by atoms with Crippen molar-refractivity contribution in [2.45, 2.75) is 42.9 Å². The Morgan fingerprint density at radius 1 is 1.00 bits per heavy atom. The van der Waals surface area contributed by atoms with Gasteiger partial charge in [0.1, 0.15) is 4.90 Å². The molecule has 0 spiro atoms. The molecule has 4 nitrogen and oxygen atoms in total. The SMILES string of the molecule is Cc1ccc(S(=O)(=O)c2csc3c2NC(=O)C[C@H]3c2ccc(C)c(C)c2)cc1. The second-order valence-electron chi connectivity index (χ2n) is 7.30. The van der Waals surface area contributed by atoms with Crippen LogP contribution in [0.15, 0.2) is 57.6 Å². The fraction of sp³-hybridized carbons (Fsp3) is 0.227. The van der Waals surface area contributed by atoms with Gasteiger partial charge in [0.2, 0.25) is 15.7 Å². The van der Waals surface area contributed by atoms with Crippen LogP contribution >= 0.6 is 11.3 Å². The molecule has 1 N–H and O–H groups in total. The van der Waals surface area contributed by atoms with Gasteiger partial charge in [0, 0.05) is 22.6 Å². The lowest BCUT2D eigenvalue weighted by Crippen LogP contribution is -2.23. The Bertz CT molecular complexity index is 1170. The van der Waals surface area contributed by atoms with Gasteiger partial charge in [0.25, 0.3) is 0 Å². The minimum Gasteiger partial charge on any atom is -0.324 e. The van der Waals surface area contributed by atoms with Crippen LogP contribution in [0.25, 0.3) is 0 Å². The highest BCUT2D eigenvalue weighted by Crippen LogP contribution is 2.46. The summed E-state index contributed by atoms with van der Waals surface area (Å²) in [5.74, 6) is -0.287. The molecule has 0 bridgehead atoms. The maximum Gasteiger partial charge on any atom is 0.225 e. The van der Waals surface area contributed by atoms with E-state index in [4.69, 9.17) is 0 Å². The number of rotatable bonds is 3. The van der Waals surface area contributed by atoms with Gasteiger partial charge in [0.15, 0.2) is 0 Å². The first-order chi connectivity index (χ1) is 13.3. The molecule has 144 valence electrons. The van der Waals surface area contributed by atoms with Crippen molar-refractivity contribution in [2.24, 2.45) is 0 Å². The number of anilines is 1. The van der Waals surface area contributed by atoms with Crippen LogP contribution in [-0.4, -0.2) is 14.3 Å². The van der Waals surface area contributed by atoms with Crippen LogP contribution in [0.4, 0.5) is 5.69 Å². The molecule has 1 aliphatic heterocycles. The van der Waals surface area contributed by atoms with Crippen molar-refractivity contribution in [3.8, 4) is 0 Å². The molecule has 0 radical (unpaired) electrons. The summed E-state index contributed by atoms with van der Waals surface area (Å²) in [5, 5.41) is 4.47. The topological polar surface area (TPSA) is 63.2 Å². The summed E-state index contributed by atoms with van der Waals surface area (Å²) in [6.45, 7) is 6.01. The van der Waals surface area contributed by atoms with Crippen LogP contribution in [0.5, 0.6) is 0 Å². The number of aryl methyl sites for hydroxylation is 3. The maximum atomic E-state index is 13.2. The van der Waals surface area contributed by atoms with Crippen LogP contribution in [0, 0.1) is 20.8 Å². The number of fused-ring (bicyclic) bond motifs is 1. The van der Waals surface area contributed by atoms with E-state index in [-0.39, 0.29) is 21.6 Å². The Labute approximate surface area is 169 Å². The number of benzene rings is 2. The molecule has 1 aromatic heterocycles. The zero-order chi connectivity index (χ0) is 20.1. The van der Waals surface area contributed by atoms with Gasteiger partial charge in [-0.3, -0.25) is 4.79 Å². The van der Waals surface area contributed by atoms with Crippen molar-refractivity contribution in [3.63, 3.8) is 0 Å². The normalized spacial score (nSPS) is 16.5. The molecule has 2 heterocycles. The molecular formula is C22H21NO3S2. The zero-order valence-electron chi connectivity index (χ0n) is 15.9. The second kappa shape index (κ2) is 6.87. The molecule has 4 rings (SSSR count). The Balaban J connectivity index is 1.82. The molecule has 2 aromatic carbocycles. The number of nitrogens with one attached hydrogen (secondary N) is 1. The number of sulfone groups is 1. The molecule has 0 saturated carbocycles. The van der Waals surface area contributed by atoms with Gasteiger partial charge < -0.3 is 5.32 Å². The minimum absolute atomic E-state index is 0.130. The fourth-order valence-electron chi connectivity index (χ4n) is 3.50. The fourth-order valence-corrected chi connectivity index (χ4v) is 6.41. The van der Waals surface area contributed by atoms with E-state index >= 15 is 0 Å². The third-order valence-corrected chi connectivity index (χ3v) is 8.35. The van der Waals surface area contributed by atoms with Crippen molar-refractivity contribution in [1.82, 2.24) is 0 Å². The predicted molar refractivity (Wildman–Crippen MR) is 112 cm³/mol. The van der Waals surface area contributed by atoms with Crippen LogP contribution in [-0.2, 0) is 14.6 Å². The van der Waals surface area contributed by atoms with E-state index in [1.54, 1.807) is 29.6 Å². The smallest absolute Gasteiger partial charge is 0.225 e. The average Bonchev–Trinajstić information content (AvgIpc) is 3.08. The summed E-state index contributed by atoms with van der Waals surface area (Å²) in [4.78, 5) is 13.7. The van der Waals surface area contributed by atoms with Crippen LogP contribution in [0.1, 0.15) is 39.5 Å². The molecule has 0 fully saturated rings. The number of carbonyl (C=O) groups excluding carboxylic acids is 1. The summed E-state index contributed by atoms with van der Waals surface area (Å²) < 4.78 is 26.4. The van der Waals surface area contributed by atoms with E-state index in [2.05, 4.69) is 24.4 Å². The van der Waals surface area contributed by atoms with E-state index in [9.17, 15) is 13.2 Å². The van der Waals surface area contributed by atoms with E-state index in [0.29, 0.717) is 12.1 Å². The lowest BCUT2D eigenvalue weighted by molar-refractivity contribution is -0.116. The summed E-state index contributed by atoms with van der Waals surface area (Å²) in [6.07, 6.45) is 0.319. The molecular weight excluding hydrogens is 390 g/mol. The molecule has 1 amide bonds. The van der Waals surface area contributed by atoms with Crippen molar-refractivity contribution in [3.05, 3.63) is 75.0 Å². The molecule has 0 aliphatic carbocycles. The van der Waals surface area contributed by atoms with Gasteiger partial charge in [0.05, 0.1) is 10.6 Å². The molecule has 28 heavy (non-hydrogen) atoms. The van der Waals surface area contributed by atoms with Crippen molar-refractivity contribution in [1.29, 1.82) is 0 Å². The molecule has 3 aromatic rings. The number of carbonyl (C=O) groups is 1. The Kier molecular flexibility index (Phi) is 4.63. The molecule has 1 atom stereocenters. The second-order valence-corrected chi connectivity index (χ2v) is 10.1. The van der Waals surface area contributed by atoms with E-state index in [1.807, 2.05) is 19.9 Å². The number of thiophene rings is 1. The Hall–Kier alpha value is -2.44. The third kappa shape index (κ3) is 3.16. The largest absolute Gasteiger partial charge is 0.324 e. The van der Waals surface area contributed by atoms with E-state index in [0.717, 1.165) is 21.6 Å². The van der Waals surface area contributed by atoms with Gasteiger partial charge in [-0.25, -0.2) is 8.42 Å². The highest BCUT2D eigenvalue weighted by Gasteiger charge is 2.34. The first kappa shape index (κ1) is 18.9. The zero-order valence-corrected chi connectivity index (χ0v) is 17.6. The monoisotopic (exact) mass is 411 g/mol. The van der Waals surface area contributed by atoms with Crippen molar-refractivity contribution < 1.29 is 13.2 Å². The molecule has 1 aliphatic rings. The lowest BCUT2D eigenvalue weighted by atomic mass is 9.89. The quantitative estimate of drug-likeness (QED) is 0.661. The number of hydrogen-bond acceptors (Lipinski definition) is 4. The van der Waals surface area contributed by atoms with Crippen molar-refractivity contribution >= 4 is 32.8 Å². The van der Waals surface area contributed by atoms with Crippen LogP contribution in [0.3, 0.4) is 0 Å². The van der Waals surface area contributed by atoms with Gasteiger partial charge in [-0.2, -0.15) is 0 Å². The van der Waals surface area contributed by atoms with Crippen LogP contribution < -0.4 is 5.32 Å². The summed E-state index contributed by atoms with van der Waals surface area (Å²) in [7, 11) is -3.70. The predicted octanol–water partition coefficient (Wildman–Crippen LogP) is 4.98. The highest BCUT2D eigenvalue weighted by molar-refractivity contribution is 7.91. The highest BCUT2D eigenvalue weighted by atomic mass is 32.2. The minimum atomic E-state index is -3.70. The third-order valence-electron chi connectivity index (χ3n) is 5.31. The van der Waals surface area contributed by atoms with E-state index < -0.39 is 9.84 Å². The standard InChI is InChI=1S/C22H21NO3S2/c1-13-4-8-17(9-5-13)28(25,26)19-12-27-22-18(11-20(24)23-21(19)22)16-7-6-14(2)15(3)10-16/h4-10,12,18H,11H2,1-3H3,(H,23,24)/t18-/m0/s1. The number of amides is 1. The maximum absolute atomic E-state index is 13.2. The number of hydrogen-bond donors (Lipinski definition) is 1. The Morgan fingerprint density at radius 3 is 2.39 bits per heavy atom. The Morgan fingerprint density at radius 2 is 1.71 bits per heavy atom. The summed E-state index contributed by atoms with van der Waals surface area (Å²) in [5.41, 5.74) is 4.83. The van der Waals surface area contributed by atoms with Gasteiger partial charge in [-0.15, -0.1) is 11.3 Å². The molecule has 6 heteroatoms. The van der Waals surface area contributed by atoms with Gasteiger partial charge in [-0.1, -0.05) is 35.9 Å². The lowest BCUT2D eigenvalue weighted by Gasteiger charge is -2.24. The van der Waals surface area contributed by atoms with Crippen LogP contribution in [0.2, 0.25) is 0 Å². The average molecular weight is 412 g/mol. The van der Waals surface area contributed by atoms with Gasteiger partial charge >= 0.3 is 0 Å².